The van der Waals surface area contributed by atoms with Crippen LogP contribution < -0.4 is 10.1 Å². The van der Waals surface area contributed by atoms with Gasteiger partial charge in [0.2, 0.25) is 5.91 Å². The summed E-state index contributed by atoms with van der Waals surface area (Å²) >= 11 is 6.47. The molecule has 2 aliphatic rings. The first-order chi connectivity index (χ1) is 14.7. The van der Waals surface area contributed by atoms with Gasteiger partial charge in [-0.3, -0.25) is 9.69 Å². The maximum Gasteiger partial charge on any atom is 0.235 e. The van der Waals surface area contributed by atoms with Crippen molar-refractivity contribution in [3.8, 4) is 5.75 Å². The van der Waals surface area contributed by atoms with Crippen molar-refractivity contribution in [3.05, 3.63) is 59.1 Å². The minimum atomic E-state index is -0.679. The van der Waals surface area contributed by atoms with Crippen LogP contribution in [0.1, 0.15) is 31.2 Å². The summed E-state index contributed by atoms with van der Waals surface area (Å²) < 4.78 is 11.4. The SMILES string of the molecule is O=C(Nc1ccc(OCCN2CCCC2)cc1)C1(c2ccccc2Cl)CCOCC1. The van der Waals surface area contributed by atoms with Crippen LogP contribution in [0.2, 0.25) is 5.02 Å². The number of carbonyl (C=O) groups excluding carboxylic acids is 1. The zero-order valence-corrected chi connectivity index (χ0v) is 18.0. The van der Waals surface area contributed by atoms with Gasteiger partial charge in [-0.15, -0.1) is 0 Å². The van der Waals surface area contributed by atoms with Crippen LogP contribution >= 0.6 is 11.6 Å². The molecule has 0 aromatic heterocycles. The Bertz CT molecular complexity index is 844. The van der Waals surface area contributed by atoms with Gasteiger partial charge in [0.15, 0.2) is 0 Å². The highest BCUT2D eigenvalue weighted by molar-refractivity contribution is 6.31. The highest BCUT2D eigenvalue weighted by Crippen LogP contribution is 2.39. The molecule has 0 atom stereocenters. The maximum absolute atomic E-state index is 13.4. The number of halogens is 1. The Hall–Kier alpha value is -2.08. The highest BCUT2D eigenvalue weighted by atomic mass is 35.5. The summed E-state index contributed by atoms with van der Waals surface area (Å²) in [5.74, 6) is 0.778. The van der Waals surface area contributed by atoms with Gasteiger partial charge < -0.3 is 14.8 Å². The summed E-state index contributed by atoms with van der Waals surface area (Å²) in [4.78, 5) is 15.8. The Balaban J connectivity index is 1.40. The Labute approximate surface area is 183 Å². The zero-order valence-electron chi connectivity index (χ0n) is 17.2. The number of hydrogen-bond donors (Lipinski definition) is 1. The van der Waals surface area contributed by atoms with Gasteiger partial charge in [0.1, 0.15) is 12.4 Å². The molecule has 30 heavy (non-hydrogen) atoms. The molecule has 2 heterocycles. The first-order valence-electron chi connectivity index (χ1n) is 10.8. The van der Waals surface area contributed by atoms with Gasteiger partial charge >= 0.3 is 0 Å². The number of amides is 1. The van der Waals surface area contributed by atoms with Crippen molar-refractivity contribution in [2.75, 3.05) is 44.8 Å². The van der Waals surface area contributed by atoms with Crippen LogP contribution in [-0.2, 0) is 14.9 Å². The number of carbonyl (C=O) groups is 1. The van der Waals surface area contributed by atoms with Crippen LogP contribution in [-0.4, -0.2) is 50.3 Å². The molecule has 2 saturated heterocycles. The fourth-order valence-electron chi connectivity index (χ4n) is 4.37. The number of hydrogen-bond acceptors (Lipinski definition) is 4. The van der Waals surface area contributed by atoms with Gasteiger partial charge in [0.25, 0.3) is 0 Å². The quantitative estimate of drug-likeness (QED) is 0.705. The monoisotopic (exact) mass is 428 g/mol. The lowest BCUT2D eigenvalue weighted by atomic mass is 9.73. The molecule has 2 aliphatic heterocycles. The van der Waals surface area contributed by atoms with Crippen molar-refractivity contribution in [1.29, 1.82) is 0 Å². The second-order valence-corrected chi connectivity index (χ2v) is 8.46. The minimum Gasteiger partial charge on any atom is -0.492 e. The number of rotatable bonds is 7. The first kappa shape index (κ1) is 21.2. The Kier molecular flexibility index (Phi) is 6.93. The molecule has 160 valence electrons. The van der Waals surface area contributed by atoms with E-state index in [2.05, 4.69) is 10.2 Å². The molecule has 2 aromatic rings. The van der Waals surface area contributed by atoms with Crippen molar-refractivity contribution in [1.82, 2.24) is 4.90 Å². The predicted octanol–water partition coefficient (Wildman–Crippen LogP) is 4.50. The molecule has 2 fully saturated rings. The average Bonchev–Trinajstić information content (AvgIpc) is 3.29. The standard InChI is InChI=1S/C24H29ClN2O3/c25-22-6-2-1-5-21(22)24(11-16-29-17-12-24)23(28)26-19-7-9-20(10-8-19)30-18-15-27-13-3-4-14-27/h1-2,5-10H,3-4,11-18H2,(H,26,28). The van der Waals surface area contributed by atoms with E-state index in [1.54, 1.807) is 0 Å². The molecule has 0 bridgehead atoms. The predicted molar refractivity (Wildman–Crippen MR) is 119 cm³/mol. The van der Waals surface area contributed by atoms with Crippen LogP contribution in [0.25, 0.3) is 0 Å². The third kappa shape index (κ3) is 4.80. The number of benzene rings is 2. The molecule has 0 spiro atoms. The third-order valence-electron chi connectivity index (χ3n) is 6.16. The fraction of sp³-hybridized carbons (Fsp3) is 0.458. The molecule has 1 amide bonds. The van der Waals surface area contributed by atoms with Crippen molar-refractivity contribution >= 4 is 23.2 Å². The molecule has 0 aliphatic carbocycles. The Morgan fingerprint density at radius 2 is 1.77 bits per heavy atom. The van der Waals surface area contributed by atoms with E-state index in [1.807, 2.05) is 48.5 Å². The van der Waals surface area contributed by atoms with E-state index in [1.165, 1.54) is 25.9 Å². The van der Waals surface area contributed by atoms with Crippen LogP contribution in [0.5, 0.6) is 5.75 Å². The van der Waals surface area contributed by atoms with Crippen molar-refractivity contribution in [3.63, 3.8) is 0 Å². The fourth-order valence-corrected chi connectivity index (χ4v) is 4.69. The molecule has 4 rings (SSSR count). The van der Waals surface area contributed by atoms with Crippen LogP contribution in [0.3, 0.4) is 0 Å². The zero-order chi connectivity index (χ0) is 20.8. The lowest BCUT2D eigenvalue weighted by Gasteiger charge is -2.36. The Morgan fingerprint density at radius 3 is 2.47 bits per heavy atom. The molecule has 5 nitrogen and oxygen atoms in total. The van der Waals surface area contributed by atoms with Crippen LogP contribution in [0.15, 0.2) is 48.5 Å². The molecule has 2 aromatic carbocycles. The highest BCUT2D eigenvalue weighted by Gasteiger charge is 2.43. The maximum atomic E-state index is 13.4. The number of anilines is 1. The summed E-state index contributed by atoms with van der Waals surface area (Å²) in [5, 5.41) is 3.71. The van der Waals surface area contributed by atoms with Crippen LogP contribution in [0.4, 0.5) is 5.69 Å². The topological polar surface area (TPSA) is 50.8 Å². The van der Waals surface area contributed by atoms with E-state index in [4.69, 9.17) is 21.1 Å². The van der Waals surface area contributed by atoms with E-state index >= 15 is 0 Å². The van der Waals surface area contributed by atoms with Crippen molar-refractivity contribution < 1.29 is 14.3 Å². The molecule has 0 unspecified atom stereocenters. The molecule has 1 N–H and O–H groups in total. The molecular weight excluding hydrogens is 400 g/mol. The van der Waals surface area contributed by atoms with Gasteiger partial charge in [-0.1, -0.05) is 29.8 Å². The minimum absolute atomic E-state index is 0.0402. The number of nitrogens with zero attached hydrogens (tertiary/aromatic N) is 1. The van der Waals surface area contributed by atoms with Crippen molar-refractivity contribution in [2.45, 2.75) is 31.1 Å². The van der Waals surface area contributed by atoms with E-state index < -0.39 is 5.41 Å². The average molecular weight is 429 g/mol. The summed E-state index contributed by atoms with van der Waals surface area (Å²) in [6, 6.07) is 15.2. The van der Waals surface area contributed by atoms with Gasteiger partial charge in [-0.05, 0) is 74.7 Å². The lowest BCUT2D eigenvalue weighted by Crippen LogP contribution is -2.45. The summed E-state index contributed by atoms with van der Waals surface area (Å²) in [7, 11) is 0. The van der Waals surface area contributed by atoms with E-state index in [-0.39, 0.29) is 5.91 Å². The van der Waals surface area contributed by atoms with Gasteiger partial charge in [-0.25, -0.2) is 0 Å². The van der Waals surface area contributed by atoms with Crippen molar-refractivity contribution in [2.24, 2.45) is 0 Å². The summed E-state index contributed by atoms with van der Waals surface area (Å²) in [6.07, 6.45) is 3.80. The number of nitrogens with one attached hydrogen (secondary N) is 1. The van der Waals surface area contributed by atoms with Crippen LogP contribution in [0, 0.1) is 0 Å². The number of likely N-dealkylation sites (tertiary alicyclic amines) is 1. The summed E-state index contributed by atoms with van der Waals surface area (Å²) in [6.45, 7) is 5.08. The van der Waals surface area contributed by atoms with E-state index in [0.29, 0.717) is 37.7 Å². The molecular formula is C24H29ClN2O3. The largest absolute Gasteiger partial charge is 0.492 e. The van der Waals surface area contributed by atoms with Gasteiger partial charge in [0, 0.05) is 30.5 Å². The summed E-state index contributed by atoms with van der Waals surface area (Å²) in [5.41, 5.74) is 0.945. The van der Waals surface area contributed by atoms with E-state index in [9.17, 15) is 4.79 Å². The molecule has 0 radical (unpaired) electrons. The lowest BCUT2D eigenvalue weighted by molar-refractivity contribution is -0.125. The molecule has 0 saturated carbocycles. The second kappa shape index (κ2) is 9.82. The normalized spacial score (nSPS) is 18.8. The first-order valence-corrected chi connectivity index (χ1v) is 11.1. The smallest absolute Gasteiger partial charge is 0.235 e. The Morgan fingerprint density at radius 1 is 1.07 bits per heavy atom. The molecule has 6 heteroatoms. The van der Waals surface area contributed by atoms with E-state index in [0.717, 1.165) is 23.5 Å². The van der Waals surface area contributed by atoms with Gasteiger partial charge in [0.05, 0.1) is 5.41 Å². The van der Waals surface area contributed by atoms with Gasteiger partial charge in [-0.2, -0.15) is 0 Å². The number of ether oxygens (including phenoxy) is 2. The third-order valence-corrected chi connectivity index (χ3v) is 6.49. The second-order valence-electron chi connectivity index (χ2n) is 8.05.